The molecule has 2 aromatic rings. The largest absolute Gasteiger partial charge is 0.465 e. The van der Waals surface area contributed by atoms with Gasteiger partial charge >= 0.3 is 0 Å². The minimum absolute atomic E-state index is 0.545. The number of benzene rings is 1. The highest BCUT2D eigenvalue weighted by atomic mass is 16.3. The summed E-state index contributed by atoms with van der Waals surface area (Å²) in [5.41, 5.74) is 1.34. The first-order valence-electron chi connectivity index (χ1n) is 8.52. The summed E-state index contributed by atoms with van der Waals surface area (Å²) in [6, 6.07) is 15.3. The second-order valence-corrected chi connectivity index (χ2v) is 6.35. The number of nitrogens with one attached hydrogen (secondary N) is 1. The van der Waals surface area contributed by atoms with Crippen LogP contribution in [0.5, 0.6) is 0 Å². The summed E-state index contributed by atoms with van der Waals surface area (Å²) in [6.07, 6.45) is 0. The summed E-state index contributed by atoms with van der Waals surface area (Å²) in [5.74, 6) is 2.00. The zero-order valence-electron chi connectivity index (χ0n) is 14.2. The Labute approximate surface area is 139 Å². The molecule has 124 valence electrons. The topological polar surface area (TPSA) is 31.6 Å². The van der Waals surface area contributed by atoms with Crippen LogP contribution in [-0.4, -0.2) is 43.7 Å². The molecule has 1 unspecified atom stereocenters. The molecular weight excluding hydrogens is 286 g/mol. The van der Waals surface area contributed by atoms with Gasteiger partial charge in [-0.1, -0.05) is 18.2 Å². The van der Waals surface area contributed by atoms with Crippen molar-refractivity contribution in [2.45, 2.75) is 26.4 Å². The van der Waals surface area contributed by atoms with Crippen molar-refractivity contribution in [2.75, 3.05) is 37.6 Å². The minimum Gasteiger partial charge on any atom is -0.465 e. The minimum atomic E-state index is 0.545. The fourth-order valence-corrected chi connectivity index (χ4v) is 3.17. The van der Waals surface area contributed by atoms with Crippen molar-refractivity contribution in [1.82, 2.24) is 10.2 Å². The zero-order chi connectivity index (χ0) is 16.1. The summed E-state index contributed by atoms with van der Waals surface area (Å²) in [5, 5.41) is 3.51. The molecule has 0 radical (unpaired) electrons. The predicted octanol–water partition coefficient (Wildman–Crippen LogP) is 2.89. The highest BCUT2D eigenvalue weighted by Gasteiger charge is 2.20. The van der Waals surface area contributed by atoms with E-state index in [1.54, 1.807) is 0 Å². The number of aryl methyl sites for hydroxylation is 1. The van der Waals surface area contributed by atoms with E-state index in [1.165, 1.54) is 5.69 Å². The molecule has 1 aromatic carbocycles. The summed E-state index contributed by atoms with van der Waals surface area (Å²) in [7, 11) is 0. The van der Waals surface area contributed by atoms with Crippen LogP contribution < -0.4 is 10.2 Å². The molecule has 0 saturated carbocycles. The first-order chi connectivity index (χ1) is 11.2. The van der Waals surface area contributed by atoms with E-state index < -0.39 is 0 Å². The molecule has 4 heteroatoms. The maximum Gasteiger partial charge on any atom is 0.117 e. The third-order valence-electron chi connectivity index (χ3n) is 4.59. The van der Waals surface area contributed by atoms with Crippen LogP contribution in [0, 0.1) is 6.92 Å². The van der Waals surface area contributed by atoms with Gasteiger partial charge in [0.15, 0.2) is 0 Å². The highest BCUT2D eigenvalue weighted by Crippen LogP contribution is 2.16. The SMILES string of the molecule is Cc1ccc(CNCC(C)N2CCN(c3ccccc3)CC2)o1. The molecule has 1 aromatic heterocycles. The normalized spacial score (nSPS) is 17.4. The number of furan rings is 1. The van der Waals surface area contributed by atoms with Crippen molar-refractivity contribution < 1.29 is 4.42 Å². The Kier molecular flexibility index (Phi) is 5.36. The van der Waals surface area contributed by atoms with Crippen molar-refractivity contribution in [1.29, 1.82) is 0 Å². The van der Waals surface area contributed by atoms with Crippen molar-refractivity contribution in [3.8, 4) is 0 Å². The third kappa shape index (κ3) is 4.36. The number of anilines is 1. The maximum atomic E-state index is 5.59. The lowest BCUT2D eigenvalue weighted by Crippen LogP contribution is -2.51. The van der Waals surface area contributed by atoms with Crippen LogP contribution in [0.25, 0.3) is 0 Å². The van der Waals surface area contributed by atoms with E-state index in [-0.39, 0.29) is 0 Å². The van der Waals surface area contributed by atoms with Gasteiger partial charge in [-0.05, 0) is 38.1 Å². The van der Waals surface area contributed by atoms with Crippen molar-refractivity contribution in [2.24, 2.45) is 0 Å². The van der Waals surface area contributed by atoms with Gasteiger partial charge in [0.1, 0.15) is 11.5 Å². The zero-order valence-corrected chi connectivity index (χ0v) is 14.2. The number of piperazine rings is 1. The fourth-order valence-electron chi connectivity index (χ4n) is 3.17. The van der Waals surface area contributed by atoms with Crippen LogP contribution in [0.15, 0.2) is 46.9 Å². The van der Waals surface area contributed by atoms with Crippen molar-refractivity contribution >= 4 is 5.69 Å². The Morgan fingerprint density at radius 3 is 2.43 bits per heavy atom. The summed E-state index contributed by atoms with van der Waals surface area (Å²) >= 11 is 0. The number of hydrogen-bond donors (Lipinski definition) is 1. The van der Waals surface area contributed by atoms with E-state index in [0.717, 1.165) is 50.8 Å². The van der Waals surface area contributed by atoms with Crippen LogP contribution in [-0.2, 0) is 6.54 Å². The lowest BCUT2D eigenvalue weighted by Gasteiger charge is -2.39. The van der Waals surface area contributed by atoms with Crippen LogP contribution >= 0.6 is 0 Å². The number of hydrogen-bond acceptors (Lipinski definition) is 4. The fraction of sp³-hybridized carbons (Fsp3) is 0.474. The average Bonchev–Trinajstić information content (AvgIpc) is 3.01. The molecule has 3 rings (SSSR count). The Morgan fingerprint density at radius 1 is 1.04 bits per heavy atom. The highest BCUT2D eigenvalue weighted by molar-refractivity contribution is 5.46. The van der Waals surface area contributed by atoms with Gasteiger partial charge in [0.25, 0.3) is 0 Å². The van der Waals surface area contributed by atoms with Gasteiger partial charge in [0.2, 0.25) is 0 Å². The van der Waals surface area contributed by atoms with Gasteiger partial charge in [-0.3, -0.25) is 4.90 Å². The molecule has 1 saturated heterocycles. The van der Waals surface area contributed by atoms with E-state index in [2.05, 4.69) is 52.4 Å². The van der Waals surface area contributed by atoms with Gasteiger partial charge in [0, 0.05) is 44.5 Å². The molecule has 0 spiro atoms. The molecule has 1 atom stereocenters. The molecule has 4 nitrogen and oxygen atoms in total. The van der Waals surface area contributed by atoms with E-state index in [1.807, 2.05) is 19.1 Å². The number of nitrogens with zero attached hydrogens (tertiary/aromatic N) is 2. The molecule has 0 amide bonds. The van der Waals surface area contributed by atoms with Gasteiger partial charge in [-0.2, -0.15) is 0 Å². The van der Waals surface area contributed by atoms with Crippen LogP contribution in [0.4, 0.5) is 5.69 Å². The monoisotopic (exact) mass is 313 g/mol. The van der Waals surface area contributed by atoms with Gasteiger partial charge in [-0.15, -0.1) is 0 Å². The molecule has 1 aliphatic rings. The predicted molar refractivity (Wildman–Crippen MR) is 94.8 cm³/mol. The number of para-hydroxylation sites is 1. The average molecular weight is 313 g/mol. The summed E-state index contributed by atoms with van der Waals surface area (Å²) < 4.78 is 5.59. The second kappa shape index (κ2) is 7.66. The number of rotatable bonds is 6. The molecule has 0 aliphatic carbocycles. The Bertz CT molecular complexity index is 588. The van der Waals surface area contributed by atoms with E-state index >= 15 is 0 Å². The van der Waals surface area contributed by atoms with Gasteiger partial charge in [-0.25, -0.2) is 0 Å². The standard InChI is InChI=1S/C19H27N3O/c1-16(14-20-15-19-9-8-17(2)23-19)21-10-12-22(13-11-21)18-6-4-3-5-7-18/h3-9,16,20H,10-15H2,1-2H3. The molecule has 1 N–H and O–H groups in total. The summed E-state index contributed by atoms with van der Waals surface area (Å²) in [6.45, 7) is 10.5. The summed E-state index contributed by atoms with van der Waals surface area (Å²) in [4.78, 5) is 5.04. The molecule has 2 heterocycles. The smallest absolute Gasteiger partial charge is 0.117 e. The van der Waals surface area contributed by atoms with Crippen LogP contribution in [0.2, 0.25) is 0 Å². The maximum absolute atomic E-state index is 5.59. The van der Waals surface area contributed by atoms with Gasteiger partial charge in [0.05, 0.1) is 6.54 Å². The van der Waals surface area contributed by atoms with E-state index in [0.29, 0.717) is 6.04 Å². The Hall–Kier alpha value is -1.78. The third-order valence-corrected chi connectivity index (χ3v) is 4.59. The Balaban J connectivity index is 1.40. The first kappa shape index (κ1) is 16.1. The Morgan fingerprint density at radius 2 is 1.78 bits per heavy atom. The lowest BCUT2D eigenvalue weighted by atomic mass is 10.2. The quantitative estimate of drug-likeness (QED) is 0.888. The van der Waals surface area contributed by atoms with Crippen molar-refractivity contribution in [3.63, 3.8) is 0 Å². The van der Waals surface area contributed by atoms with Crippen LogP contribution in [0.3, 0.4) is 0 Å². The molecule has 1 aliphatic heterocycles. The van der Waals surface area contributed by atoms with E-state index in [4.69, 9.17) is 4.42 Å². The van der Waals surface area contributed by atoms with Gasteiger partial charge < -0.3 is 14.6 Å². The second-order valence-electron chi connectivity index (χ2n) is 6.35. The molecule has 1 fully saturated rings. The van der Waals surface area contributed by atoms with Crippen molar-refractivity contribution in [3.05, 3.63) is 54.0 Å². The van der Waals surface area contributed by atoms with E-state index in [9.17, 15) is 0 Å². The van der Waals surface area contributed by atoms with Crippen LogP contribution in [0.1, 0.15) is 18.4 Å². The molecule has 23 heavy (non-hydrogen) atoms. The molecular formula is C19H27N3O. The lowest BCUT2D eigenvalue weighted by molar-refractivity contribution is 0.192. The molecule has 0 bridgehead atoms. The first-order valence-corrected chi connectivity index (χ1v) is 8.52.